The molecule has 0 atom stereocenters. The van der Waals surface area contributed by atoms with Crippen LogP contribution in [0.4, 0.5) is 0 Å². The molecule has 3 aromatic rings. The van der Waals surface area contributed by atoms with E-state index >= 15 is 0 Å². The second-order valence-electron chi connectivity index (χ2n) is 7.41. The van der Waals surface area contributed by atoms with Gasteiger partial charge in [-0.25, -0.2) is 4.68 Å². The molecule has 0 radical (unpaired) electrons. The first-order chi connectivity index (χ1) is 13.8. The predicted molar refractivity (Wildman–Crippen MR) is 107 cm³/mol. The minimum Gasteiger partial charge on any atom is -0.469 e. The van der Waals surface area contributed by atoms with Crippen molar-refractivity contribution in [2.24, 2.45) is 0 Å². The lowest BCUT2D eigenvalue weighted by Crippen LogP contribution is -2.48. The van der Waals surface area contributed by atoms with Gasteiger partial charge in [0.1, 0.15) is 5.76 Å². The third kappa shape index (κ3) is 2.76. The van der Waals surface area contributed by atoms with Gasteiger partial charge in [0, 0.05) is 43.7 Å². The molecule has 1 amide bonds. The molecule has 6 nitrogen and oxygen atoms in total. The topological polar surface area (TPSA) is 54.5 Å². The maximum absolute atomic E-state index is 13.4. The standard InChI is InChI=1S/C22H24N4O2/c1-2-24-11-13-25(14-12-24)22(27)20-18-8-9-19-17(10-15-28-19)21(18)26(23-20)16-6-4-3-5-7-16/h3-7,10,15H,2,8-9,11-14H2,1H3. The summed E-state index contributed by atoms with van der Waals surface area (Å²) in [5.41, 5.74) is 4.64. The minimum absolute atomic E-state index is 0.0497. The number of hydrogen-bond acceptors (Lipinski definition) is 4. The van der Waals surface area contributed by atoms with Gasteiger partial charge in [0.15, 0.2) is 5.69 Å². The highest BCUT2D eigenvalue weighted by atomic mass is 16.3. The third-order valence-electron chi connectivity index (χ3n) is 5.90. The van der Waals surface area contributed by atoms with Gasteiger partial charge in [-0.05, 0) is 31.2 Å². The summed E-state index contributed by atoms with van der Waals surface area (Å²) in [4.78, 5) is 17.7. The molecule has 1 aliphatic heterocycles. The number of para-hydroxylation sites is 1. The number of piperazine rings is 1. The van der Waals surface area contributed by atoms with Crippen molar-refractivity contribution in [3.05, 3.63) is 59.7 Å². The van der Waals surface area contributed by atoms with Crippen LogP contribution in [-0.4, -0.2) is 58.2 Å². The molecule has 28 heavy (non-hydrogen) atoms. The van der Waals surface area contributed by atoms with E-state index in [4.69, 9.17) is 9.52 Å². The lowest BCUT2D eigenvalue weighted by Gasteiger charge is -2.33. The van der Waals surface area contributed by atoms with Gasteiger partial charge in [0.2, 0.25) is 0 Å². The zero-order valence-corrected chi connectivity index (χ0v) is 16.1. The van der Waals surface area contributed by atoms with Crippen LogP contribution in [0.5, 0.6) is 0 Å². The van der Waals surface area contributed by atoms with Crippen molar-refractivity contribution in [1.29, 1.82) is 0 Å². The third-order valence-corrected chi connectivity index (χ3v) is 5.90. The number of benzene rings is 1. The van der Waals surface area contributed by atoms with Gasteiger partial charge in [-0.15, -0.1) is 0 Å². The van der Waals surface area contributed by atoms with Crippen LogP contribution in [0.1, 0.15) is 28.7 Å². The Morgan fingerprint density at radius 3 is 2.61 bits per heavy atom. The highest BCUT2D eigenvalue weighted by Gasteiger charge is 2.33. The first-order valence-corrected chi connectivity index (χ1v) is 10.0. The molecule has 6 heteroatoms. The average Bonchev–Trinajstić information content (AvgIpc) is 3.38. The van der Waals surface area contributed by atoms with Crippen LogP contribution in [0.2, 0.25) is 0 Å². The van der Waals surface area contributed by atoms with Crippen molar-refractivity contribution in [2.45, 2.75) is 19.8 Å². The van der Waals surface area contributed by atoms with E-state index < -0.39 is 0 Å². The number of amides is 1. The van der Waals surface area contributed by atoms with E-state index in [0.29, 0.717) is 5.69 Å². The van der Waals surface area contributed by atoms with Crippen LogP contribution in [-0.2, 0) is 12.8 Å². The molecule has 0 N–H and O–H groups in total. The van der Waals surface area contributed by atoms with Crippen molar-refractivity contribution in [3.8, 4) is 16.9 Å². The zero-order chi connectivity index (χ0) is 19.1. The van der Waals surface area contributed by atoms with E-state index in [9.17, 15) is 4.79 Å². The van der Waals surface area contributed by atoms with Gasteiger partial charge in [-0.3, -0.25) is 4.79 Å². The molecule has 2 aliphatic rings. The first kappa shape index (κ1) is 17.3. The number of aryl methyl sites for hydroxylation is 1. The van der Waals surface area contributed by atoms with Gasteiger partial charge in [-0.1, -0.05) is 25.1 Å². The van der Waals surface area contributed by atoms with Crippen LogP contribution in [0.15, 0.2) is 47.1 Å². The number of carbonyl (C=O) groups excluding carboxylic acids is 1. The number of aromatic nitrogens is 2. The van der Waals surface area contributed by atoms with Crippen LogP contribution < -0.4 is 0 Å². The lowest BCUT2D eigenvalue weighted by molar-refractivity contribution is 0.0636. The summed E-state index contributed by atoms with van der Waals surface area (Å²) in [5.74, 6) is 1.02. The monoisotopic (exact) mass is 376 g/mol. The molecule has 0 saturated carbocycles. The second kappa shape index (κ2) is 6.95. The largest absolute Gasteiger partial charge is 0.469 e. The highest BCUT2D eigenvalue weighted by molar-refractivity contribution is 5.96. The fourth-order valence-electron chi connectivity index (χ4n) is 4.29. The van der Waals surface area contributed by atoms with Gasteiger partial charge in [0.05, 0.1) is 17.6 Å². The molecule has 1 fully saturated rings. The van der Waals surface area contributed by atoms with Gasteiger partial charge in [0.25, 0.3) is 5.91 Å². The van der Waals surface area contributed by atoms with Crippen LogP contribution in [0.25, 0.3) is 16.9 Å². The first-order valence-electron chi connectivity index (χ1n) is 10.0. The quantitative estimate of drug-likeness (QED) is 0.705. The summed E-state index contributed by atoms with van der Waals surface area (Å²) in [6.07, 6.45) is 3.31. The smallest absolute Gasteiger partial charge is 0.274 e. The minimum atomic E-state index is 0.0497. The van der Waals surface area contributed by atoms with E-state index in [0.717, 1.165) is 73.8 Å². The molecule has 1 aliphatic carbocycles. The summed E-state index contributed by atoms with van der Waals surface area (Å²) >= 11 is 0. The molecule has 1 saturated heterocycles. The van der Waals surface area contributed by atoms with Gasteiger partial charge in [-0.2, -0.15) is 5.10 Å². The van der Waals surface area contributed by atoms with Gasteiger partial charge < -0.3 is 14.2 Å². The van der Waals surface area contributed by atoms with Crippen molar-refractivity contribution in [3.63, 3.8) is 0 Å². The molecular weight excluding hydrogens is 352 g/mol. The Bertz CT molecular complexity index is 997. The summed E-state index contributed by atoms with van der Waals surface area (Å²) in [6.45, 7) is 6.57. The Morgan fingerprint density at radius 2 is 1.86 bits per heavy atom. The van der Waals surface area contributed by atoms with Crippen LogP contribution in [0.3, 0.4) is 0 Å². The molecule has 2 aromatic heterocycles. The molecule has 3 heterocycles. The predicted octanol–water partition coefficient (Wildman–Crippen LogP) is 3.01. The number of hydrogen-bond donors (Lipinski definition) is 0. The zero-order valence-electron chi connectivity index (χ0n) is 16.1. The fourth-order valence-corrected chi connectivity index (χ4v) is 4.29. The van der Waals surface area contributed by atoms with Crippen molar-refractivity contribution < 1.29 is 9.21 Å². The fraction of sp³-hybridized carbons (Fsp3) is 0.364. The van der Waals surface area contributed by atoms with E-state index in [1.807, 2.05) is 46.0 Å². The molecule has 144 valence electrons. The molecule has 1 aromatic carbocycles. The normalized spacial score (nSPS) is 16.7. The second-order valence-corrected chi connectivity index (χ2v) is 7.41. The number of furan rings is 1. The molecule has 0 bridgehead atoms. The average molecular weight is 376 g/mol. The summed E-state index contributed by atoms with van der Waals surface area (Å²) in [7, 11) is 0. The summed E-state index contributed by atoms with van der Waals surface area (Å²) in [6, 6.07) is 12.0. The lowest BCUT2D eigenvalue weighted by atomic mass is 9.93. The summed E-state index contributed by atoms with van der Waals surface area (Å²) < 4.78 is 7.59. The Kier molecular flexibility index (Phi) is 4.28. The Hall–Kier alpha value is -2.86. The highest BCUT2D eigenvalue weighted by Crippen LogP contribution is 2.37. The molecule has 5 rings (SSSR count). The molecule has 0 spiro atoms. The van der Waals surface area contributed by atoms with E-state index in [2.05, 4.69) is 11.8 Å². The number of nitrogens with zero attached hydrogens (tertiary/aromatic N) is 4. The van der Waals surface area contributed by atoms with Crippen LogP contribution in [0, 0.1) is 0 Å². The van der Waals surface area contributed by atoms with E-state index in [1.54, 1.807) is 6.26 Å². The van der Waals surface area contributed by atoms with E-state index in [-0.39, 0.29) is 5.91 Å². The van der Waals surface area contributed by atoms with Crippen molar-refractivity contribution in [2.75, 3.05) is 32.7 Å². The number of fused-ring (bicyclic) bond motifs is 3. The number of carbonyl (C=O) groups is 1. The maximum atomic E-state index is 13.4. The van der Waals surface area contributed by atoms with E-state index in [1.165, 1.54) is 0 Å². The van der Waals surface area contributed by atoms with Crippen LogP contribution >= 0.6 is 0 Å². The van der Waals surface area contributed by atoms with Crippen molar-refractivity contribution >= 4 is 5.91 Å². The maximum Gasteiger partial charge on any atom is 0.274 e. The van der Waals surface area contributed by atoms with Gasteiger partial charge >= 0.3 is 0 Å². The molecular formula is C22H24N4O2. The SMILES string of the molecule is CCN1CCN(C(=O)c2nn(-c3ccccc3)c3c2CCc2occc2-3)CC1. The number of rotatable bonds is 3. The Balaban J connectivity index is 1.58. The van der Waals surface area contributed by atoms with Crippen molar-refractivity contribution in [1.82, 2.24) is 19.6 Å². The summed E-state index contributed by atoms with van der Waals surface area (Å²) in [5, 5.41) is 4.83. The Morgan fingerprint density at radius 1 is 1.07 bits per heavy atom. The number of likely N-dealkylation sites (N-methyl/N-ethyl adjacent to an activating group) is 1. The Labute approximate surface area is 164 Å². The molecule has 0 unspecified atom stereocenters.